The first-order valence-corrected chi connectivity index (χ1v) is 9.62. The normalized spacial score (nSPS) is 12.2. The molecular formula is C17H12N4O4S2. The van der Waals surface area contributed by atoms with Gasteiger partial charge in [-0.05, 0) is 40.4 Å². The lowest BCUT2D eigenvalue weighted by molar-refractivity contribution is -0.390. The minimum absolute atomic E-state index is 0.0169. The summed E-state index contributed by atoms with van der Waals surface area (Å²) in [5.41, 5.74) is 0.581. The molecule has 8 nitrogen and oxygen atoms in total. The third kappa shape index (κ3) is 3.20. The number of H-pyrrole nitrogens is 1. The summed E-state index contributed by atoms with van der Waals surface area (Å²) in [4.78, 5) is 35.6. The van der Waals surface area contributed by atoms with Gasteiger partial charge in [-0.2, -0.15) is 0 Å². The fourth-order valence-electron chi connectivity index (χ4n) is 2.63. The number of rotatable bonds is 5. The van der Waals surface area contributed by atoms with E-state index in [2.05, 4.69) is 15.0 Å². The molecule has 136 valence electrons. The summed E-state index contributed by atoms with van der Waals surface area (Å²) in [6.45, 7) is 1.66. The van der Waals surface area contributed by atoms with Crippen molar-refractivity contribution in [1.82, 2.24) is 15.0 Å². The van der Waals surface area contributed by atoms with Gasteiger partial charge in [-0.3, -0.25) is 4.79 Å². The largest absolute Gasteiger partial charge is 0.474 e. The minimum atomic E-state index is -0.697. The molecule has 4 aromatic rings. The predicted molar refractivity (Wildman–Crippen MR) is 103 cm³/mol. The van der Waals surface area contributed by atoms with Gasteiger partial charge in [0.15, 0.2) is 11.9 Å². The van der Waals surface area contributed by atoms with Gasteiger partial charge in [0.05, 0.1) is 5.39 Å². The van der Waals surface area contributed by atoms with Gasteiger partial charge < -0.3 is 19.8 Å². The van der Waals surface area contributed by atoms with Crippen molar-refractivity contribution in [2.75, 3.05) is 0 Å². The number of nitrogens with one attached hydrogen (secondary N) is 1. The quantitative estimate of drug-likeness (QED) is 0.398. The number of nitrogens with zero attached hydrogens (tertiary/aromatic N) is 3. The Hall–Kier alpha value is -3.11. The Kier molecular flexibility index (Phi) is 4.42. The van der Waals surface area contributed by atoms with Crippen LogP contribution < -0.4 is 10.3 Å². The van der Waals surface area contributed by atoms with Crippen LogP contribution in [0.1, 0.15) is 18.9 Å². The maximum Gasteiger partial charge on any atom is 0.406 e. The Bertz CT molecular complexity index is 1180. The van der Waals surface area contributed by atoms with E-state index in [-0.39, 0.29) is 17.1 Å². The van der Waals surface area contributed by atoms with Gasteiger partial charge in [0.1, 0.15) is 11.0 Å². The highest BCUT2D eigenvalue weighted by Gasteiger charge is 2.21. The molecule has 0 radical (unpaired) electrons. The number of hydrogen-bond acceptors (Lipinski definition) is 8. The summed E-state index contributed by atoms with van der Waals surface area (Å²) in [6.07, 6.45) is 0.622. The number of nitro groups is 1. The van der Waals surface area contributed by atoms with Crippen molar-refractivity contribution in [3.05, 3.63) is 67.5 Å². The van der Waals surface area contributed by atoms with Crippen LogP contribution in [0, 0.1) is 10.1 Å². The molecule has 0 amide bonds. The smallest absolute Gasteiger partial charge is 0.406 e. The second-order valence-electron chi connectivity index (χ2n) is 5.60. The summed E-state index contributed by atoms with van der Waals surface area (Å²) < 4.78 is 5.65. The standard InChI is InChI=1S/C17H12N4O4S2/c1-9(25-11-4-2-6-18-15(11)21(23)24)14-19-16(22)13-10(8-27-17(13)20-14)12-5-3-7-26-12/h2-9H,1H3,(H,19,20,22)/t9-/m1/s1. The Morgan fingerprint density at radius 1 is 1.30 bits per heavy atom. The molecule has 10 heteroatoms. The lowest BCUT2D eigenvalue weighted by Crippen LogP contribution is -2.16. The third-order valence-electron chi connectivity index (χ3n) is 3.86. The van der Waals surface area contributed by atoms with Crippen LogP contribution in [-0.2, 0) is 0 Å². The van der Waals surface area contributed by atoms with E-state index in [4.69, 9.17) is 4.74 Å². The number of ether oxygens (including phenoxy) is 1. The van der Waals surface area contributed by atoms with Crippen molar-refractivity contribution in [2.24, 2.45) is 0 Å². The Morgan fingerprint density at radius 3 is 2.89 bits per heavy atom. The lowest BCUT2D eigenvalue weighted by Gasteiger charge is -2.13. The zero-order chi connectivity index (χ0) is 19.0. The van der Waals surface area contributed by atoms with E-state index in [1.54, 1.807) is 24.3 Å². The van der Waals surface area contributed by atoms with Crippen molar-refractivity contribution in [2.45, 2.75) is 13.0 Å². The summed E-state index contributed by atoms with van der Waals surface area (Å²) in [5, 5.41) is 15.5. The van der Waals surface area contributed by atoms with Gasteiger partial charge in [-0.25, -0.2) is 4.98 Å². The van der Waals surface area contributed by atoms with Gasteiger partial charge in [-0.15, -0.1) is 22.7 Å². The molecule has 0 spiro atoms. The molecule has 0 aliphatic heterocycles. The Labute approximate surface area is 160 Å². The summed E-state index contributed by atoms with van der Waals surface area (Å²) in [5.74, 6) is -0.0719. The monoisotopic (exact) mass is 400 g/mol. The Morgan fingerprint density at radius 2 is 2.15 bits per heavy atom. The highest BCUT2D eigenvalue weighted by Crippen LogP contribution is 2.34. The van der Waals surface area contributed by atoms with E-state index < -0.39 is 11.0 Å². The second-order valence-corrected chi connectivity index (χ2v) is 7.41. The molecule has 1 atom stereocenters. The van der Waals surface area contributed by atoms with Crippen molar-refractivity contribution in [1.29, 1.82) is 0 Å². The van der Waals surface area contributed by atoms with E-state index in [1.165, 1.54) is 23.6 Å². The number of thiophene rings is 2. The molecule has 0 unspecified atom stereocenters. The molecule has 0 fully saturated rings. The predicted octanol–water partition coefficient (Wildman–Crippen LogP) is 4.16. The van der Waals surface area contributed by atoms with Crippen LogP contribution >= 0.6 is 22.7 Å². The van der Waals surface area contributed by atoms with E-state index in [9.17, 15) is 14.9 Å². The number of aromatic nitrogens is 3. The van der Waals surface area contributed by atoms with Gasteiger partial charge in [0.2, 0.25) is 5.75 Å². The van der Waals surface area contributed by atoms with Crippen LogP contribution in [0.4, 0.5) is 5.82 Å². The molecule has 0 bridgehead atoms. The molecule has 0 aliphatic carbocycles. The van der Waals surface area contributed by atoms with Crippen LogP contribution in [0.25, 0.3) is 20.7 Å². The highest BCUT2D eigenvalue weighted by molar-refractivity contribution is 7.18. The fraction of sp³-hybridized carbons (Fsp3) is 0.118. The molecule has 4 rings (SSSR count). The first-order valence-electron chi connectivity index (χ1n) is 7.86. The average Bonchev–Trinajstić information content (AvgIpc) is 3.31. The minimum Gasteiger partial charge on any atom is -0.474 e. The maximum atomic E-state index is 12.6. The summed E-state index contributed by atoms with van der Waals surface area (Å²) in [6, 6.07) is 6.88. The highest BCUT2D eigenvalue weighted by atomic mass is 32.1. The maximum absolute atomic E-state index is 12.6. The molecule has 0 aromatic carbocycles. The van der Waals surface area contributed by atoms with E-state index in [0.717, 1.165) is 10.4 Å². The van der Waals surface area contributed by atoms with Crippen LogP contribution in [0.3, 0.4) is 0 Å². The van der Waals surface area contributed by atoms with Crippen LogP contribution in [0.5, 0.6) is 5.75 Å². The SMILES string of the molecule is C[C@@H](Oc1cccnc1[N+](=O)[O-])c1nc2scc(-c3cccs3)c2c(=O)[nH]1. The van der Waals surface area contributed by atoms with Gasteiger partial charge in [0.25, 0.3) is 5.56 Å². The van der Waals surface area contributed by atoms with Crippen molar-refractivity contribution < 1.29 is 9.66 Å². The molecule has 27 heavy (non-hydrogen) atoms. The van der Waals surface area contributed by atoms with Gasteiger partial charge in [-0.1, -0.05) is 6.07 Å². The summed E-state index contributed by atoms with van der Waals surface area (Å²) in [7, 11) is 0. The number of pyridine rings is 1. The number of hydrogen-bond donors (Lipinski definition) is 1. The Balaban J connectivity index is 1.71. The first-order chi connectivity index (χ1) is 13.0. The van der Waals surface area contributed by atoms with E-state index >= 15 is 0 Å². The second kappa shape index (κ2) is 6.89. The molecule has 4 aromatic heterocycles. The van der Waals surface area contributed by atoms with Gasteiger partial charge >= 0.3 is 5.82 Å². The third-order valence-corrected chi connectivity index (χ3v) is 5.64. The first kappa shape index (κ1) is 17.3. The number of fused-ring (bicyclic) bond motifs is 1. The molecule has 0 aliphatic rings. The fourth-order valence-corrected chi connectivity index (χ4v) is 4.40. The zero-order valence-electron chi connectivity index (χ0n) is 13.9. The molecular weight excluding hydrogens is 388 g/mol. The molecule has 0 saturated heterocycles. The molecule has 4 heterocycles. The lowest BCUT2D eigenvalue weighted by atomic mass is 10.2. The van der Waals surface area contributed by atoms with E-state index in [0.29, 0.717) is 16.0 Å². The van der Waals surface area contributed by atoms with Gasteiger partial charge in [0, 0.05) is 15.8 Å². The van der Waals surface area contributed by atoms with Crippen LogP contribution in [0.2, 0.25) is 0 Å². The zero-order valence-corrected chi connectivity index (χ0v) is 15.5. The average molecular weight is 400 g/mol. The topological polar surface area (TPSA) is 111 Å². The molecule has 1 N–H and O–H groups in total. The molecule has 0 saturated carbocycles. The number of aromatic amines is 1. The van der Waals surface area contributed by atoms with Crippen molar-refractivity contribution >= 4 is 38.7 Å². The van der Waals surface area contributed by atoms with E-state index in [1.807, 2.05) is 22.9 Å². The van der Waals surface area contributed by atoms with Crippen molar-refractivity contribution in [3.8, 4) is 16.2 Å². The summed E-state index contributed by atoms with van der Waals surface area (Å²) >= 11 is 2.92. The van der Waals surface area contributed by atoms with Crippen LogP contribution in [-0.4, -0.2) is 19.9 Å². The van der Waals surface area contributed by atoms with Crippen LogP contribution in [0.15, 0.2) is 46.0 Å². The van der Waals surface area contributed by atoms with Crippen molar-refractivity contribution in [3.63, 3.8) is 0 Å².